The SMILES string of the molecule is CCC(C)(C)N(C(=O)C(CS)NC(=O)OC(C)(C)C)C(C(=O)Nc1ccccc1C)c1ccc(C)c(C)c1. The summed E-state index contributed by atoms with van der Waals surface area (Å²) >= 11 is 4.37. The Morgan fingerprint density at radius 2 is 1.58 bits per heavy atom. The lowest BCUT2D eigenvalue weighted by atomic mass is 9.91. The summed E-state index contributed by atoms with van der Waals surface area (Å²) < 4.78 is 5.39. The Labute approximate surface area is 233 Å². The fourth-order valence-corrected chi connectivity index (χ4v) is 4.26. The molecule has 0 saturated carbocycles. The maximum absolute atomic E-state index is 14.2. The smallest absolute Gasteiger partial charge is 0.408 e. The van der Waals surface area contributed by atoms with Gasteiger partial charge in [-0.05, 0) is 90.1 Å². The van der Waals surface area contributed by atoms with Gasteiger partial charge in [0.25, 0.3) is 5.91 Å². The number of amides is 3. The molecule has 0 aliphatic rings. The highest BCUT2D eigenvalue weighted by Crippen LogP contribution is 2.34. The molecule has 2 N–H and O–H groups in total. The van der Waals surface area contributed by atoms with E-state index in [4.69, 9.17) is 4.74 Å². The van der Waals surface area contributed by atoms with E-state index < -0.39 is 35.2 Å². The number of thiol groups is 1. The summed E-state index contributed by atoms with van der Waals surface area (Å²) in [6.45, 7) is 17.0. The molecule has 0 aromatic heterocycles. The largest absolute Gasteiger partial charge is 0.444 e. The van der Waals surface area contributed by atoms with Gasteiger partial charge in [-0.3, -0.25) is 9.59 Å². The average molecular weight is 542 g/mol. The quantitative estimate of drug-likeness (QED) is 0.333. The molecule has 0 aliphatic heterocycles. The van der Waals surface area contributed by atoms with Crippen LogP contribution < -0.4 is 10.6 Å². The molecule has 0 heterocycles. The number of nitrogens with zero attached hydrogens (tertiary/aromatic N) is 1. The van der Waals surface area contributed by atoms with Gasteiger partial charge in [-0.25, -0.2) is 4.79 Å². The van der Waals surface area contributed by atoms with E-state index in [9.17, 15) is 14.4 Å². The second-order valence-corrected chi connectivity index (χ2v) is 11.7. The summed E-state index contributed by atoms with van der Waals surface area (Å²) in [5, 5.41) is 5.70. The second kappa shape index (κ2) is 12.7. The van der Waals surface area contributed by atoms with Gasteiger partial charge in [0.15, 0.2) is 0 Å². The van der Waals surface area contributed by atoms with Crippen molar-refractivity contribution >= 4 is 36.2 Å². The molecule has 208 valence electrons. The molecule has 0 bridgehead atoms. The first-order valence-electron chi connectivity index (χ1n) is 13.0. The maximum Gasteiger partial charge on any atom is 0.408 e. The molecule has 2 aromatic rings. The van der Waals surface area contributed by atoms with E-state index >= 15 is 0 Å². The molecule has 2 rings (SSSR count). The molecular formula is C30H43N3O4S. The summed E-state index contributed by atoms with van der Waals surface area (Å²) in [7, 11) is 0. The van der Waals surface area contributed by atoms with Crippen LogP contribution in [0.5, 0.6) is 0 Å². The van der Waals surface area contributed by atoms with E-state index in [2.05, 4.69) is 23.3 Å². The molecule has 2 atom stereocenters. The Morgan fingerprint density at radius 3 is 2.11 bits per heavy atom. The highest BCUT2D eigenvalue weighted by Gasteiger charge is 2.43. The predicted octanol–water partition coefficient (Wildman–Crippen LogP) is 6.13. The van der Waals surface area contributed by atoms with Crippen LogP contribution in [-0.4, -0.2) is 45.7 Å². The van der Waals surface area contributed by atoms with Crippen LogP contribution in [0, 0.1) is 20.8 Å². The number of alkyl carbamates (subject to hydrolysis) is 1. The lowest BCUT2D eigenvalue weighted by Crippen LogP contribution is -2.59. The Kier molecular flexibility index (Phi) is 10.4. The molecule has 3 amide bonds. The molecule has 0 radical (unpaired) electrons. The van der Waals surface area contributed by atoms with Gasteiger partial charge < -0.3 is 20.3 Å². The van der Waals surface area contributed by atoms with Crippen molar-refractivity contribution in [3.8, 4) is 0 Å². The summed E-state index contributed by atoms with van der Waals surface area (Å²) in [4.78, 5) is 42.4. The first kappa shape index (κ1) is 31.2. The summed E-state index contributed by atoms with van der Waals surface area (Å²) in [5.41, 5.74) is 2.89. The molecule has 0 saturated heterocycles. The highest BCUT2D eigenvalue weighted by atomic mass is 32.1. The molecule has 0 aliphatic carbocycles. The number of hydrogen-bond donors (Lipinski definition) is 3. The third-order valence-electron chi connectivity index (χ3n) is 6.68. The highest BCUT2D eigenvalue weighted by molar-refractivity contribution is 7.80. The van der Waals surface area contributed by atoms with Gasteiger partial charge >= 0.3 is 6.09 Å². The van der Waals surface area contributed by atoms with E-state index in [0.717, 1.165) is 16.7 Å². The number of rotatable bonds is 9. The van der Waals surface area contributed by atoms with E-state index in [1.54, 1.807) is 25.7 Å². The van der Waals surface area contributed by atoms with Crippen LogP contribution in [0.15, 0.2) is 42.5 Å². The molecule has 0 fully saturated rings. The fraction of sp³-hybridized carbons (Fsp3) is 0.500. The Bertz CT molecular complexity index is 1160. The van der Waals surface area contributed by atoms with Gasteiger partial charge in [-0.1, -0.05) is 43.3 Å². The summed E-state index contributed by atoms with van der Waals surface area (Å²) in [5.74, 6) is -0.721. The molecule has 2 unspecified atom stereocenters. The maximum atomic E-state index is 14.2. The Morgan fingerprint density at radius 1 is 0.947 bits per heavy atom. The van der Waals surface area contributed by atoms with Crippen LogP contribution in [0.25, 0.3) is 0 Å². The first-order valence-corrected chi connectivity index (χ1v) is 13.6. The van der Waals surface area contributed by atoms with Gasteiger partial charge in [0, 0.05) is 17.0 Å². The van der Waals surface area contributed by atoms with E-state index in [1.165, 1.54) is 0 Å². The van der Waals surface area contributed by atoms with Crippen LogP contribution >= 0.6 is 12.6 Å². The van der Waals surface area contributed by atoms with Crippen LogP contribution in [0.1, 0.15) is 76.3 Å². The van der Waals surface area contributed by atoms with Gasteiger partial charge in [0.1, 0.15) is 17.7 Å². The molecule has 2 aromatic carbocycles. The lowest BCUT2D eigenvalue weighted by Gasteiger charge is -2.44. The number of carbonyl (C=O) groups excluding carboxylic acids is 3. The second-order valence-electron chi connectivity index (χ2n) is 11.3. The number of ether oxygens (including phenoxy) is 1. The van der Waals surface area contributed by atoms with Crippen molar-refractivity contribution in [2.75, 3.05) is 11.1 Å². The number of hydrogen-bond acceptors (Lipinski definition) is 5. The molecular weight excluding hydrogens is 498 g/mol. The minimum absolute atomic E-state index is 0.0351. The third kappa shape index (κ3) is 8.00. The number of para-hydroxylation sites is 1. The van der Waals surface area contributed by atoms with Gasteiger partial charge in [0.2, 0.25) is 5.91 Å². The van der Waals surface area contributed by atoms with Crippen LogP contribution in [0.3, 0.4) is 0 Å². The molecule has 0 spiro atoms. The Balaban J connectivity index is 2.63. The van der Waals surface area contributed by atoms with Crippen molar-refractivity contribution in [3.63, 3.8) is 0 Å². The minimum Gasteiger partial charge on any atom is -0.444 e. The van der Waals surface area contributed by atoms with E-state index in [1.807, 2.05) is 84.0 Å². The zero-order valence-electron chi connectivity index (χ0n) is 24.1. The third-order valence-corrected chi connectivity index (χ3v) is 7.05. The van der Waals surface area contributed by atoms with Gasteiger partial charge in [0.05, 0.1) is 0 Å². The van der Waals surface area contributed by atoms with Crippen LogP contribution in [0.2, 0.25) is 0 Å². The molecule has 8 heteroatoms. The standard InChI is InChI=1S/C30H43N3O4S/c1-10-30(8,9)33(27(35)24(18-38)32-28(36)37-29(5,6)7)25(22-16-15-19(2)21(4)17-22)26(34)31-23-14-12-11-13-20(23)3/h11-17,24-25,38H,10,18H2,1-9H3,(H,31,34)(H,32,36). The van der Waals surface area contributed by atoms with Gasteiger partial charge in [-0.15, -0.1) is 0 Å². The monoisotopic (exact) mass is 541 g/mol. The molecule has 7 nitrogen and oxygen atoms in total. The van der Waals surface area contributed by atoms with Crippen molar-refractivity contribution in [1.82, 2.24) is 10.2 Å². The summed E-state index contributed by atoms with van der Waals surface area (Å²) in [6.07, 6.45) is -0.144. The van der Waals surface area contributed by atoms with Crippen molar-refractivity contribution < 1.29 is 19.1 Å². The lowest BCUT2D eigenvalue weighted by molar-refractivity contribution is -0.147. The first-order chi connectivity index (χ1) is 17.6. The number of nitrogens with one attached hydrogen (secondary N) is 2. The van der Waals surface area contributed by atoms with Crippen molar-refractivity contribution in [1.29, 1.82) is 0 Å². The number of benzene rings is 2. The topological polar surface area (TPSA) is 87.7 Å². The average Bonchev–Trinajstić information content (AvgIpc) is 2.82. The van der Waals surface area contributed by atoms with E-state index in [0.29, 0.717) is 17.7 Å². The number of aryl methyl sites for hydroxylation is 3. The number of carbonyl (C=O) groups is 3. The van der Waals surface area contributed by atoms with E-state index in [-0.39, 0.29) is 11.7 Å². The van der Waals surface area contributed by atoms with Gasteiger partial charge in [-0.2, -0.15) is 12.6 Å². The zero-order valence-corrected chi connectivity index (χ0v) is 25.0. The van der Waals surface area contributed by atoms with Crippen molar-refractivity contribution in [2.45, 2.75) is 92.0 Å². The molecule has 38 heavy (non-hydrogen) atoms. The zero-order chi connectivity index (χ0) is 28.8. The predicted molar refractivity (Wildman–Crippen MR) is 157 cm³/mol. The van der Waals surface area contributed by atoms with Crippen LogP contribution in [0.4, 0.5) is 10.5 Å². The fourth-order valence-electron chi connectivity index (χ4n) is 4.02. The van der Waals surface area contributed by atoms with Crippen LogP contribution in [-0.2, 0) is 14.3 Å². The van der Waals surface area contributed by atoms with Crippen molar-refractivity contribution in [3.05, 3.63) is 64.7 Å². The van der Waals surface area contributed by atoms with Crippen molar-refractivity contribution in [2.24, 2.45) is 0 Å². The minimum atomic E-state index is -1.00. The summed E-state index contributed by atoms with van der Waals surface area (Å²) in [6, 6.07) is 11.3. The Hall–Kier alpha value is -3.00. The number of anilines is 1. The normalized spacial score (nSPS) is 13.3.